The van der Waals surface area contributed by atoms with E-state index in [1.54, 1.807) is 4.90 Å². The van der Waals surface area contributed by atoms with Gasteiger partial charge in [0.05, 0.1) is 0 Å². The Morgan fingerprint density at radius 2 is 1.76 bits per heavy atom. The molecule has 3 atom stereocenters. The highest BCUT2D eigenvalue weighted by atomic mass is 35.5. The zero-order valence-corrected chi connectivity index (χ0v) is 15.1. The van der Waals surface area contributed by atoms with Crippen molar-refractivity contribution in [2.45, 2.75) is 63.2 Å². The second-order valence-corrected chi connectivity index (χ2v) is 7.59. The second kappa shape index (κ2) is 7.34. The molecule has 2 amide bonds. The maximum Gasteiger partial charge on any atom is 0.240 e. The number of carbonyl (C=O) groups excluding carboxylic acids is 2. The molecule has 136 valence electrons. The molecule has 3 aliphatic heterocycles. The van der Waals surface area contributed by atoms with Crippen molar-refractivity contribution in [2.24, 2.45) is 11.7 Å². The number of nitrogens with two attached hydrogens (primary N) is 1. The number of amides is 2. The van der Waals surface area contributed by atoms with Gasteiger partial charge in [0, 0.05) is 31.5 Å². The third kappa shape index (κ3) is 3.67. The lowest BCUT2D eigenvalue weighted by Crippen LogP contribution is -2.51. The maximum absolute atomic E-state index is 12.9. The van der Waals surface area contributed by atoms with Crippen molar-refractivity contribution in [3.05, 3.63) is 35.4 Å². The summed E-state index contributed by atoms with van der Waals surface area (Å²) in [6, 6.07) is 8.67. The van der Waals surface area contributed by atoms with Crippen LogP contribution in [0, 0.1) is 5.92 Å². The minimum Gasteiger partial charge on any atom is -0.368 e. The van der Waals surface area contributed by atoms with E-state index in [1.165, 1.54) is 12.8 Å². The highest BCUT2D eigenvalue weighted by Crippen LogP contribution is 2.34. The molecule has 0 aromatic heterocycles. The molecule has 3 N–H and O–H groups in total. The molecule has 0 saturated carbocycles. The Morgan fingerprint density at radius 1 is 1.12 bits per heavy atom. The summed E-state index contributed by atoms with van der Waals surface area (Å²) in [4.78, 5) is 26.5. The summed E-state index contributed by atoms with van der Waals surface area (Å²) in [6.07, 6.45) is 5.70. The molecule has 2 bridgehead atoms. The molecule has 4 rings (SSSR count). The van der Waals surface area contributed by atoms with E-state index in [0.29, 0.717) is 37.4 Å². The first kappa shape index (κ1) is 18.2. The fourth-order valence-electron chi connectivity index (χ4n) is 4.75. The van der Waals surface area contributed by atoms with Gasteiger partial charge < -0.3 is 16.0 Å². The van der Waals surface area contributed by atoms with E-state index in [9.17, 15) is 9.59 Å². The van der Waals surface area contributed by atoms with Crippen LogP contribution >= 0.6 is 12.4 Å². The van der Waals surface area contributed by atoms with Crippen LogP contribution in [0.3, 0.4) is 0 Å². The van der Waals surface area contributed by atoms with E-state index < -0.39 is 11.9 Å². The number of carbonyl (C=O) groups is 2. The number of fused-ring (bicyclic) bond motifs is 3. The molecule has 25 heavy (non-hydrogen) atoms. The Kier molecular flexibility index (Phi) is 5.35. The Hall–Kier alpha value is -1.59. The van der Waals surface area contributed by atoms with Crippen LogP contribution in [0.15, 0.2) is 24.3 Å². The van der Waals surface area contributed by atoms with Gasteiger partial charge in [-0.25, -0.2) is 0 Å². The van der Waals surface area contributed by atoms with Crippen LogP contribution in [0.4, 0.5) is 0 Å². The molecular formula is C19H26ClN3O2. The molecule has 3 unspecified atom stereocenters. The predicted molar refractivity (Wildman–Crippen MR) is 98.2 cm³/mol. The second-order valence-electron chi connectivity index (χ2n) is 7.59. The quantitative estimate of drug-likeness (QED) is 0.859. The van der Waals surface area contributed by atoms with Crippen LogP contribution in [0.2, 0.25) is 0 Å². The zero-order valence-electron chi connectivity index (χ0n) is 14.3. The molecule has 6 heteroatoms. The molecule has 3 aliphatic rings. The third-order valence-corrected chi connectivity index (χ3v) is 5.93. The summed E-state index contributed by atoms with van der Waals surface area (Å²) in [5, 5.41) is 3.61. The lowest BCUT2D eigenvalue weighted by atomic mass is 9.88. The van der Waals surface area contributed by atoms with Gasteiger partial charge in [-0.3, -0.25) is 9.59 Å². The zero-order chi connectivity index (χ0) is 16.7. The molecule has 5 nitrogen and oxygen atoms in total. The van der Waals surface area contributed by atoms with Gasteiger partial charge in [0.1, 0.15) is 6.04 Å². The maximum atomic E-state index is 12.9. The summed E-state index contributed by atoms with van der Waals surface area (Å²) in [5.74, 6) is 0.116. The molecule has 2 saturated heterocycles. The van der Waals surface area contributed by atoms with Crippen molar-refractivity contribution in [1.82, 2.24) is 10.2 Å². The normalized spacial score (nSPS) is 30.3. The van der Waals surface area contributed by atoms with Crippen molar-refractivity contribution in [1.29, 1.82) is 0 Å². The summed E-state index contributed by atoms with van der Waals surface area (Å²) >= 11 is 0. The molecule has 0 radical (unpaired) electrons. The number of hydrogen-bond acceptors (Lipinski definition) is 3. The summed E-state index contributed by atoms with van der Waals surface area (Å²) < 4.78 is 0. The Bertz CT molecular complexity index is 654. The van der Waals surface area contributed by atoms with Gasteiger partial charge in [-0.15, -0.1) is 12.4 Å². The standard InChI is InChI=1S/C19H25N3O2.ClH/c20-19(24)17-10-13-3-1-2-4-14(13)11-22(17)18(23)9-12-7-15-5-6-16(8-12)21-15;/h1-4,12,15-17,21H,5-11H2,(H2,20,24);1H. The average molecular weight is 364 g/mol. The smallest absolute Gasteiger partial charge is 0.240 e. The van der Waals surface area contributed by atoms with Gasteiger partial charge in [-0.2, -0.15) is 0 Å². The van der Waals surface area contributed by atoms with E-state index in [0.717, 1.165) is 24.0 Å². The largest absolute Gasteiger partial charge is 0.368 e. The number of primary amides is 1. The topological polar surface area (TPSA) is 75.4 Å². The van der Waals surface area contributed by atoms with Crippen molar-refractivity contribution in [2.75, 3.05) is 0 Å². The molecule has 3 heterocycles. The Morgan fingerprint density at radius 3 is 2.40 bits per heavy atom. The average Bonchev–Trinajstić information content (AvgIpc) is 2.92. The monoisotopic (exact) mass is 363 g/mol. The Labute approximate surface area is 154 Å². The molecule has 1 aromatic rings. The highest BCUT2D eigenvalue weighted by molar-refractivity contribution is 5.87. The SMILES string of the molecule is Cl.NC(=O)C1Cc2ccccc2CN1C(=O)CC1CC2CCC(C1)N2. The molecule has 0 spiro atoms. The minimum absolute atomic E-state index is 0. The van der Waals surface area contributed by atoms with Gasteiger partial charge in [-0.1, -0.05) is 24.3 Å². The molecule has 2 fully saturated rings. The first-order valence-electron chi connectivity index (χ1n) is 9.01. The van der Waals surface area contributed by atoms with Gasteiger partial charge >= 0.3 is 0 Å². The van der Waals surface area contributed by atoms with Crippen LogP contribution in [0.5, 0.6) is 0 Å². The minimum atomic E-state index is -0.508. The number of piperidine rings is 1. The van der Waals surface area contributed by atoms with Crippen LogP contribution in [-0.4, -0.2) is 34.8 Å². The molecule has 0 aliphatic carbocycles. The highest BCUT2D eigenvalue weighted by Gasteiger charge is 2.37. The van der Waals surface area contributed by atoms with Crippen molar-refractivity contribution in [3.63, 3.8) is 0 Å². The van der Waals surface area contributed by atoms with Gasteiger partial charge in [0.2, 0.25) is 11.8 Å². The summed E-state index contributed by atoms with van der Waals surface area (Å²) in [7, 11) is 0. The van der Waals surface area contributed by atoms with Crippen molar-refractivity contribution < 1.29 is 9.59 Å². The van der Waals surface area contributed by atoms with Crippen molar-refractivity contribution >= 4 is 24.2 Å². The van der Waals surface area contributed by atoms with Crippen molar-refractivity contribution in [3.8, 4) is 0 Å². The van der Waals surface area contributed by atoms with Gasteiger partial charge in [-0.05, 0) is 42.7 Å². The van der Waals surface area contributed by atoms with E-state index in [2.05, 4.69) is 5.32 Å². The molecular weight excluding hydrogens is 338 g/mol. The van der Waals surface area contributed by atoms with Crippen LogP contribution in [-0.2, 0) is 22.6 Å². The molecule has 1 aromatic carbocycles. The first-order chi connectivity index (χ1) is 11.6. The summed E-state index contributed by atoms with van der Waals surface area (Å²) in [6.45, 7) is 0.500. The van der Waals surface area contributed by atoms with Crippen LogP contribution in [0.25, 0.3) is 0 Å². The fourth-order valence-corrected chi connectivity index (χ4v) is 4.75. The predicted octanol–water partition coefficient (Wildman–Crippen LogP) is 1.77. The first-order valence-corrected chi connectivity index (χ1v) is 9.01. The number of rotatable bonds is 3. The van der Waals surface area contributed by atoms with E-state index in [1.807, 2.05) is 24.3 Å². The number of hydrogen-bond donors (Lipinski definition) is 2. The summed E-state index contributed by atoms with van der Waals surface area (Å²) in [5.41, 5.74) is 7.86. The number of benzene rings is 1. The lowest BCUT2D eigenvalue weighted by molar-refractivity contribution is -0.141. The van der Waals surface area contributed by atoms with E-state index in [-0.39, 0.29) is 18.3 Å². The number of nitrogens with one attached hydrogen (secondary N) is 1. The van der Waals surface area contributed by atoms with E-state index >= 15 is 0 Å². The van der Waals surface area contributed by atoms with Crippen LogP contribution in [0.1, 0.15) is 43.2 Å². The number of nitrogens with zero attached hydrogens (tertiary/aromatic N) is 1. The van der Waals surface area contributed by atoms with Gasteiger partial charge in [0.15, 0.2) is 0 Å². The van der Waals surface area contributed by atoms with Gasteiger partial charge in [0.25, 0.3) is 0 Å². The van der Waals surface area contributed by atoms with Crippen LogP contribution < -0.4 is 11.1 Å². The third-order valence-electron chi connectivity index (χ3n) is 5.93. The number of halogens is 1. The fraction of sp³-hybridized carbons (Fsp3) is 0.579. The van der Waals surface area contributed by atoms with E-state index in [4.69, 9.17) is 5.73 Å². The Balaban J connectivity index is 0.00000182. The lowest BCUT2D eigenvalue weighted by Gasteiger charge is -2.37.